The average Bonchev–Trinajstić information content (AvgIpc) is 3.49. The number of fused-ring (bicyclic) bond motifs is 1. The van der Waals surface area contributed by atoms with Crippen LogP contribution in [0.3, 0.4) is 0 Å². The number of rotatable bonds is 4. The van der Waals surface area contributed by atoms with Gasteiger partial charge in [0.05, 0.1) is 9.92 Å². The Morgan fingerprint density at radius 3 is 2.56 bits per heavy atom. The summed E-state index contributed by atoms with van der Waals surface area (Å²) in [5.74, 6) is 0.880. The number of nitrogens with two attached hydrogens (primary N) is 1. The average molecular weight is 562 g/mol. The number of aromatic nitrogens is 5. The Labute approximate surface area is 227 Å². The van der Waals surface area contributed by atoms with Crippen LogP contribution < -0.4 is 15.5 Å². The highest BCUT2D eigenvalue weighted by atomic mass is 35.5. The summed E-state index contributed by atoms with van der Waals surface area (Å²) in [6.45, 7) is 3.48. The Balaban J connectivity index is 1.21. The molecular weight excluding hydrogens is 539 g/mol. The van der Waals surface area contributed by atoms with Crippen molar-refractivity contribution in [3.8, 4) is 0 Å². The van der Waals surface area contributed by atoms with Crippen LogP contribution in [0.4, 0.5) is 11.6 Å². The van der Waals surface area contributed by atoms with Gasteiger partial charge >= 0.3 is 0 Å². The van der Waals surface area contributed by atoms with Gasteiger partial charge in [-0.15, -0.1) is 0 Å². The van der Waals surface area contributed by atoms with Crippen LogP contribution in [-0.2, 0) is 0 Å². The lowest BCUT2D eigenvalue weighted by Crippen LogP contribution is -2.49. The van der Waals surface area contributed by atoms with Gasteiger partial charge in [0.25, 0.3) is 0 Å². The van der Waals surface area contributed by atoms with E-state index in [1.54, 1.807) is 18.6 Å². The summed E-state index contributed by atoms with van der Waals surface area (Å²) in [4.78, 5) is 23.9. The first kappa shape index (κ1) is 24.1. The fourth-order valence-corrected chi connectivity index (χ4v) is 6.76. The third-order valence-electron chi connectivity index (χ3n) is 7.23. The molecule has 8 nitrogen and oxygen atoms in total. The van der Waals surface area contributed by atoms with Crippen molar-refractivity contribution in [1.29, 1.82) is 0 Å². The van der Waals surface area contributed by atoms with E-state index >= 15 is 0 Å². The van der Waals surface area contributed by atoms with Crippen molar-refractivity contribution in [3.05, 3.63) is 64.5 Å². The van der Waals surface area contributed by atoms with Crippen LogP contribution in [-0.4, -0.2) is 56.6 Å². The van der Waals surface area contributed by atoms with E-state index in [-0.39, 0.29) is 16.6 Å². The number of hydrogen-bond acceptors (Lipinski definition) is 8. The van der Waals surface area contributed by atoms with Crippen molar-refractivity contribution in [2.75, 3.05) is 36.0 Å². The van der Waals surface area contributed by atoms with Crippen molar-refractivity contribution in [2.45, 2.75) is 28.7 Å². The van der Waals surface area contributed by atoms with Gasteiger partial charge in [-0.2, -0.15) is 0 Å². The molecule has 0 unspecified atom stereocenters. The largest absolute Gasteiger partial charge is 0.369 e. The molecule has 0 saturated carbocycles. The Bertz CT molecular complexity index is 1420. The maximum atomic E-state index is 6.72. The van der Waals surface area contributed by atoms with Crippen molar-refractivity contribution in [3.63, 3.8) is 0 Å². The molecule has 0 bridgehead atoms. The van der Waals surface area contributed by atoms with Gasteiger partial charge in [-0.05, 0) is 31.0 Å². The second kappa shape index (κ2) is 9.54. The number of hydrogen-bond donors (Lipinski definition) is 1. The van der Waals surface area contributed by atoms with E-state index in [4.69, 9.17) is 45.5 Å². The fraction of sp³-hybridized carbons (Fsp3) is 0.333. The second-order valence-corrected chi connectivity index (χ2v) is 11.4. The summed E-state index contributed by atoms with van der Waals surface area (Å²) in [5, 5.41) is 1.21. The first-order chi connectivity index (χ1) is 17.4. The van der Waals surface area contributed by atoms with Gasteiger partial charge in [0, 0.05) is 79.2 Å². The molecule has 4 aromatic heterocycles. The predicted molar refractivity (Wildman–Crippen MR) is 145 cm³/mol. The quantitative estimate of drug-likeness (QED) is 0.346. The van der Waals surface area contributed by atoms with Gasteiger partial charge in [-0.1, -0.05) is 46.6 Å². The monoisotopic (exact) mass is 560 g/mol. The van der Waals surface area contributed by atoms with E-state index in [2.05, 4.69) is 24.8 Å². The van der Waals surface area contributed by atoms with Crippen molar-refractivity contribution < 1.29 is 0 Å². The molecule has 6 heterocycles. The van der Waals surface area contributed by atoms with Crippen LogP contribution >= 0.6 is 46.6 Å². The normalized spacial score (nSPS) is 19.5. The summed E-state index contributed by atoms with van der Waals surface area (Å²) >= 11 is 20.1. The minimum absolute atomic E-state index is 0.0630. The molecule has 1 atom stereocenters. The van der Waals surface area contributed by atoms with Crippen LogP contribution in [0.1, 0.15) is 12.8 Å². The van der Waals surface area contributed by atoms with E-state index in [0.717, 1.165) is 66.1 Å². The summed E-state index contributed by atoms with van der Waals surface area (Å²) in [5.41, 5.74) is 8.69. The van der Waals surface area contributed by atoms with Crippen LogP contribution in [0.15, 0.2) is 59.0 Å². The van der Waals surface area contributed by atoms with Gasteiger partial charge in [-0.25, -0.2) is 19.9 Å². The predicted octanol–water partition coefficient (Wildman–Crippen LogP) is 5.06. The molecule has 1 spiro atoms. The Morgan fingerprint density at radius 1 is 0.944 bits per heavy atom. The fourth-order valence-electron chi connectivity index (χ4n) is 5.25. The third kappa shape index (κ3) is 4.26. The first-order valence-electron chi connectivity index (χ1n) is 11.6. The topological polar surface area (TPSA) is 88.5 Å². The molecular formula is C24H23Cl3N8S. The lowest BCUT2D eigenvalue weighted by atomic mass is 9.75. The third-order valence-corrected chi connectivity index (χ3v) is 9.38. The molecule has 2 saturated heterocycles. The molecule has 0 amide bonds. The Morgan fingerprint density at radius 2 is 1.75 bits per heavy atom. The molecule has 2 fully saturated rings. The minimum atomic E-state index is 0.0630. The van der Waals surface area contributed by atoms with Crippen LogP contribution in [0, 0.1) is 5.41 Å². The second-order valence-electron chi connectivity index (χ2n) is 9.23. The summed E-state index contributed by atoms with van der Waals surface area (Å²) in [6.07, 6.45) is 11.0. The Kier molecular flexibility index (Phi) is 6.37. The highest BCUT2D eigenvalue weighted by Crippen LogP contribution is 2.43. The maximum Gasteiger partial charge on any atom is 0.211 e. The zero-order chi connectivity index (χ0) is 24.9. The number of pyridine rings is 2. The molecule has 186 valence electrons. The Hall–Kier alpha value is -2.30. The number of nitrogens with zero attached hydrogens (tertiary/aromatic N) is 7. The lowest BCUT2D eigenvalue weighted by Gasteiger charge is -2.42. The summed E-state index contributed by atoms with van der Waals surface area (Å²) in [7, 11) is 0. The SMILES string of the molecule is N[C@@H]1CN(c2ccnc(Cl)c2)CC12CCN(c1ncc(Sc3ccnc(Cl)c3Cl)c3nccn13)CC2. The van der Waals surface area contributed by atoms with Crippen molar-refractivity contribution in [2.24, 2.45) is 11.1 Å². The van der Waals surface area contributed by atoms with E-state index in [1.165, 1.54) is 11.8 Å². The highest BCUT2D eigenvalue weighted by molar-refractivity contribution is 7.99. The zero-order valence-corrected chi connectivity index (χ0v) is 22.3. The van der Waals surface area contributed by atoms with Gasteiger partial charge in [0.2, 0.25) is 5.95 Å². The first-order valence-corrected chi connectivity index (χ1v) is 13.6. The van der Waals surface area contributed by atoms with Gasteiger partial charge < -0.3 is 15.5 Å². The molecule has 0 aliphatic carbocycles. The lowest BCUT2D eigenvalue weighted by molar-refractivity contribution is 0.219. The zero-order valence-electron chi connectivity index (χ0n) is 19.2. The molecule has 0 aromatic carbocycles. The van der Waals surface area contributed by atoms with E-state index in [9.17, 15) is 0 Å². The molecule has 36 heavy (non-hydrogen) atoms. The van der Waals surface area contributed by atoms with Crippen molar-refractivity contribution in [1.82, 2.24) is 24.3 Å². The molecule has 4 aromatic rings. The summed E-state index contributed by atoms with van der Waals surface area (Å²) in [6, 6.07) is 5.85. The van der Waals surface area contributed by atoms with E-state index in [1.807, 2.05) is 35.0 Å². The number of imidazole rings is 1. The standard InChI is InChI=1S/C24H23Cl3N8S/c25-19-11-15(1-5-29-19)34-13-18(28)24(14-34)3-8-33(9-4-24)23-32-12-17(22-31-7-10-35(22)23)36-16-2-6-30-21(27)20(16)26/h1-2,5-7,10-12,18H,3-4,8-9,13-14,28H2/t18-/m1/s1. The molecule has 2 aliphatic rings. The van der Waals surface area contributed by atoms with E-state index < -0.39 is 0 Å². The smallest absolute Gasteiger partial charge is 0.211 e. The van der Waals surface area contributed by atoms with Crippen molar-refractivity contribution >= 4 is 63.8 Å². The molecule has 2 aliphatic heterocycles. The van der Waals surface area contributed by atoms with Gasteiger partial charge in [-0.3, -0.25) is 4.40 Å². The minimum Gasteiger partial charge on any atom is -0.369 e. The van der Waals surface area contributed by atoms with Gasteiger partial charge in [0.15, 0.2) is 5.65 Å². The highest BCUT2D eigenvalue weighted by Gasteiger charge is 2.47. The molecule has 0 radical (unpaired) electrons. The van der Waals surface area contributed by atoms with Gasteiger partial charge in [0.1, 0.15) is 10.3 Å². The van der Waals surface area contributed by atoms with Crippen LogP contribution in [0.5, 0.6) is 0 Å². The number of anilines is 2. The molecule has 2 N–H and O–H groups in total. The summed E-state index contributed by atoms with van der Waals surface area (Å²) < 4.78 is 2.04. The van der Waals surface area contributed by atoms with Crippen LogP contribution in [0.25, 0.3) is 5.65 Å². The number of piperidine rings is 1. The number of halogens is 3. The maximum absolute atomic E-state index is 6.72. The molecule has 12 heteroatoms. The van der Waals surface area contributed by atoms with Crippen LogP contribution in [0.2, 0.25) is 15.3 Å². The van der Waals surface area contributed by atoms with E-state index in [0.29, 0.717) is 10.2 Å². The molecule has 6 rings (SSSR count).